The van der Waals surface area contributed by atoms with Crippen LogP contribution in [0.5, 0.6) is 0 Å². The normalized spacial score (nSPS) is 12.1. The maximum atomic E-state index is 13.5. The fraction of sp³-hybridized carbons (Fsp3) is 0.0769. The molecule has 0 amide bonds. The average molecular weight is 530 g/mol. The van der Waals surface area contributed by atoms with Crippen LogP contribution in [0, 0.1) is 0 Å². The van der Waals surface area contributed by atoms with Crippen LogP contribution in [0.3, 0.4) is 0 Å². The summed E-state index contributed by atoms with van der Waals surface area (Å²) in [6, 6.07) is 25.3. The quantitative estimate of drug-likeness (QED) is 0.312. The van der Waals surface area contributed by atoms with Crippen molar-refractivity contribution in [1.29, 1.82) is 0 Å². The smallest absolute Gasteiger partial charge is 0.219 e. The number of nitrogens with zero attached hydrogens (tertiary/aromatic N) is 7. The zero-order chi connectivity index (χ0) is 25.6. The maximum absolute atomic E-state index is 13.5. The summed E-state index contributed by atoms with van der Waals surface area (Å²) in [7, 11) is -2.31. The van der Waals surface area contributed by atoms with Crippen LogP contribution in [-0.2, 0) is 16.6 Å². The van der Waals surface area contributed by atoms with Crippen molar-refractivity contribution in [2.75, 3.05) is 7.05 Å². The second-order valence-corrected chi connectivity index (χ2v) is 10.9. The van der Waals surface area contributed by atoms with Gasteiger partial charge in [-0.3, -0.25) is 0 Å². The first-order valence-corrected chi connectivity index (χ1v) is 13.2. The molecule has 37 heavy (non-hydrogen) atoms. The molecular formula is C26H20ClN7O2S. The summed E-state index contributed by atoms with van der Waals surface area (Å²) < 4.78 is 31.4. The van der Waals surface area contributed by atoms with Gasteiger partial charge in [0.15, 0.2) is 17.3 Å². The van der Waals surface area contributed by atoms with E-state index in [0.717, 1.165) is 16.3 Å². The number of aromatic nitrogens is 6. The number of pyridine rings is 1. The van der Waals surface area contributed by atoms with Crippen molar-refractivity contribution in [3.63, 3.8) is 0 Å². The lowest BCUT2D eigenvalue weighted by Gasteiger charge is -2.17. The van der Waals surface area contributed by atoms with Crippen LogP contribution in [-0.4, -0.2) is 49.1 Å². The first-order chi connectivity index (χ1) is 17.9. The molecule has 184 valence electrons. The van der Waals surface area contributed by atoms with Gasteiger partial charge in [-0.05, 0) is 59.3 Å². The minimum absolute atomic E-state index is 0.0503. The van der Waals surface area contributed by atoms with Crippen molar-refractivity contribution >= 4 is 38.0 Å². The van der Waals surface area contributed by atoms with Crippen LogP contribution in [0.4, 0.5) is 0 Å². The highest BCUT2D eigenvalue weighted by molar-refractivity contribution is 7.89. The van der Waals surface area contributed by atoms with Crippen molar-refractivity contribution in [2.24, 2.45) is 0 Å². The summed E-state index contributed by atoms with van der Waals surface area (Å²) in [6.45, 7) is -0.0503. The largest absolute Gasteiger partial charge is 0.272 e. The molecule has 0 N–H and O–H groups in total. The monoisotopic (exact) mass is 529 g/mol. The summed E-state index contributed by atoms with van der Waals surface area (Å²) >= 11 is 6.05. The van der Waals surface area contributed by atoms with Gasteiger partial charge in [-0.15, -0.1) is 10.2 Å². The van der Waals surface area contributed by atoms with Gasteiger partial charge < -0.3 is 0 Å². The molecule has 6 rings (SSSR count). The fourth-order valence-corrected chi connectivity index (χ4v) is 5.32. The van der Waals surface area contributed by atoms with Gasteiger partial charge in [0.25, 0.3) is 5.95 Å². The van der Waals surface area contributed by atoms with Crippen molar-refractivity contribution in [3.8, 4) is 17.3 Å². The molecule has 6 aromatic rings. The molecule has 3 aromatic carbocycles. The van der Waals surface area contributed by atoms with Crippen molar-refractivity contribution in [1.82, 2.24) is 33.7 Å². The molecule has 0 saturated carbocycles. The molecule has 0 fully saturated rings. The second kappa shape index (κ2) is 9.07. The molecule has 0 atom stereocenters. The molecule has 3 heterocycles. The number of hydrogen-bond acceptors (Lipinski definition) is 6. The molecule has 0 unspecified atom stereocenters. The Hall–Kier alpha value is -4.12. The lowest BCUT2D eigenvalue weighted by atomic mass is 10.1. The Morgan fingerprint density at radius 3 is 2.41 bits per heavy atom. The van der Waals surface area contributed by atoms with E-state index < -0.39 is 10.0 Å². The lowest BCUT2D eigenvalue weighted by Crippen LogP contribution is -2.28. The molecule has 0 spiro atoms. The molecule has 11 heteroatoms. The van der Waals surface area contributed by atoms with Crippen LogP contribution in [0.25, 0.3) is 33.8 Å². The number of halogens is 1. The number of hydrogen-bond donors (Lipinski definition) is 0. The van der Waals surface area contributed by atoms with E-state index in [0.29, 0.717) is 22.3 Å². The maximum Gasteiger partial charge on any atom is 0.272 e. The number of sulfonamides is 1. The van der Waals surface area contributed by atoms with E-state index in [4.69, 9.17) is 11.6 Å². The van der Waals surface area contributed by atoms with Crippen molar-refractivity contribution in [3.05, 3.63) is 102 Å². The molecule has 0 radical (unpaired) electrons. The number of rotatable bonds is 6. The first-order valence-electron chi connectivity index (χ1n) is 11.4. The van der Waals surface area contributed by atoms with Gasteiger partial charge in [0.2, 0.25) is 10.0 Å². The number of fused-ring (bicyclic) bond motifs is 2. The second-order valence-electron chi connectivity index (χ2n) is 8.46. The minimum atomic E-state index is -3.82. The van der Waals surface area contributed by atoms with Crippen LogP contribution in [0.1, 0.15) is 5.82 Å². The third kappa shape index (κ3) is 4.35. The Morgan fingerprint density at radius 1 is 0.865 bits per heavy atom. The Morgan fingerprint density at radius 2 is 1.62 bits per heavy atom. The summed E-state index contributed by atoms with van der Waals surface area (Å²) in [5.74, 6) is 1.06. The predicted octanol–water partition coefficient (Wildman–Crippen LogP) is 4.60. The van der Waals surface area contributed by atoms with Gasteiger partial charge >= 0.3 is 0 Å². The minimum Gasteiger partial charge on any atom is -0.219 e. The molecule has 9 nitrogen and oxygen atoms in total. The molecule has 3 aromatic heterocycles. The average Bonchev–Trinajstić information content (AvgIpc) is 3.53. The summed E-state index contributed by atoms with van der Waals surface area (Å²) in [4.78, 5) is 9.41. The molecule has 0 bridgehead atoms. The Bertz CT molecular complexity index is 1830. The van der Waals surface area contributed by atoms with Crippen LogP contribution < -0.4 is 0 Å². The molecule has 0 aliphatic carbocycles. The van der Waals surface area contributed by atoms with Gasteiger partial charge in [0.1, 0.15) is 0 Å². The zero-order valence-corrected chi connectivity index (χ0v) is 21.2. The van der Waals surface area contributed by atoms with E-state index >= 15 is 0 Å². The molecular weight excluding hydrogens is 510 g/mol. The highest BCUT2D eigenvalue weighted by Crippen LogP contribution is 2.24. The Labute approximate surface area is 217 Å². The van der Waals surface area contributed by atoms with Gasteiger partial charge in [0, 0.05) is 23.8 Å². The highest BCUT2D eigenvalue weighted by Gasteiger charge is 2.25. The van der Waals surface area contributed by atoms with E-state index in [1.54, 1.807) is 53.2 Å². The van der Waals surface area contributed by atoms with E-state index in [-0.39, 0.29) is 17.4 Å². The van der Waals surface area contributed by atoms with Crippen LogP contribution >= 0.6 is 11.6 Å². The first kappa shape index (κ1) is 23.3. The van der Waals surface area contributed by atoms with Crippen LogP contribution in [0.15, 0.2) is 96.0 Å². The predicted molar refractivity (Wildman–Crippen MR) is 141 cm³/mol. The summed E-state index contributed by atoms with van der Waals surface area (Å²) in [5, 5.41) is 11.5. The van der Waals surface area contributed by atoms with E-state index in [1.807, 2.05) is 42.5 Å². The van der Waals surface area contributed by atoms with Crippen molar-refractivity contribution < 1.29 is 8.42 Å². The van der Waals surface area contributed by atoms with Gasteiger partial charge in [0.05, 0.1) is 11.4 Å². The molecule has 0 aliphatic heterocycles. The van der Waals surface area contributed by atoms with Gasteiger partial charge in [-0.1, -0.05) is 48.0 Å². The Balaban J connectivity index is 1.41. The SMILES string of the molecule is CN(Cc1nc(-c2ccc(Cl)cc2)nn1-c1nc2ccccn2n1)S(=O)(=O)c1ccc2ccccc2c1. The zero-order valence-electron chi connectivity index (χ0n) is 19.6. The van der Waals surface area contributed by atoms with E-state index in [9.17, 15) is 8.42 Å². The third-order valence-corrected chi connectivity index (χ3v) is 8.04. The van der Waals surface area contributed by atoms with Gasteiger partial charge in [-0.2, -0.15) is 14.0 Å². The molecule has 0 saturated heterocycles. The fourth-order valence-electron chi connectivity index (χ4n) is 4.03. The van der Waals surface area contributed by atoms with E-state index in [2.05, 4.69) is 20.2 Å². The van der Waals surface area contributed by atoms with Gasteiger partial charge in [-0.25, -0.2) is 17.9 Å². The van der Waals surface area contributed by atoms with E-state index in [1.165, 1.54) is 16.0 Å². The standard InChI is InChI=1S/C26H20ClN7O2S/c1-32(37(35,36)22-14-11-18-6-2-3-7-20(18)16-22)17-24-28-25(19-9-12-21(27)13-10-19)30-34(24)26-29-23-8-4-5-15-33(23)31-26/h2-16H,17H2,1H3. The number of benzene rings is 3. The summed E-state index contributed by atoms with van der Waals surface area (Å²) in [5.41, 5.74) is 1.36. The lowest BCUT2D eigenvalue weighted by molar-refractivity contribution is 0.451. The highest BCUT2D eigenvalue weighted by atomic mass is 35.5. The Kier molecular flexibility index (Phi) is 5.71. The van der Waals surface area contributed by atoms with Crippen molar-refractivity contribution in [2.45, 2.75) is 11.4 Å². The topological polar surface area (TPSA) is 98.3 Å². The van der Waals surface area contributed by atoms with Crippen LogP contribution in [0.2, 0.25) is 5.02 Å². The third-order valence-electron chi connectivity index (χ3n) is 5.99. The summed E-state index contributed by atoms with van der Waals surface area (Å²) in [6.07, 6.45) is 1.78. The molecule has 0 aliphatic rings.